The van der Waals surface area contributed by atoms with Crippen LogP contribution in [0.15, 0.2) is 23.8 Å². The van der Waals surface area contributed by atoms with Gasteiger partial charge in [-0.1, -0.05) is 19.9 Å². The number of halogens is 2. The number of allylic oxidation sites excluding steroid dienone is 4. The highest BCUT2D eigenvalue weighted by Gasteiger charge is 2.73. The second kappa shape index (κ2) is 8.80. The zero-order valence-corrected chi connectivity index (χ0v) is 21.3. The summed E-state index contributed by atoms with van der Waals surface area (Å²) < 4.78 is 61.3. The number of carbonyl (C=O) groups is 3. The van der Waals surface area contributed by atoms with Crippen LogP contribution in [0, 0.1) is 34.5 Å². The van der Waals surface area contributed by atoms with E-state index >= 15 is 8.78 Å². The number of ketones is 2. The first-order valence-corrected chi connectivity index (χ1v) is 13.7. The molecule has 2 N–H and O–H groups in total. The topological polar surface area (TPSA) is 135 Å². The summed E-state index contributed by atoms with van der Waals surface area (Å²) in [5.74, 6) is -5.53. The zero-order valence-electron chi connectivity index (χ0n) is 20.4. The molecule has 0 aromatic rings. The van der Waals surface area contributed by atoms with Gasteiger partial charge in [0.2, 0.25) is 0 Å². The number of aliphatic hydroxyl groups is 1. The van der Waals surface area contributed by atoms with Gasteiger partial charge in [0.05, 0.1) is 18.3 Å². The molecule has 11 heteroatoms. The number of carbonyl (C=O) groups excluding carboxylic acids is 2. The fourth-order valence-corrected chi connectivity index (χ4v) is 8.60. The molecule has 3 saturated carbocycles. The van der Waals surface area contributed by atoms with E-state index < -0.39 is 93.0 Å². The number of aliphatic carboxylic acids is 1. The molecule has 9 atom stereocenters. The Morgan fingerprint density at radius 2 is 1.89 bits per heavy atom. The second-order valence-electron chi connectivity index (χ2n) is 11.3. The van der Waals surface area contributed by atoms with Crippen LogP contribution < -0.4 is 0 Å². The van der Waals surface area contributed by atoms with E-state index in [1.165, 1.54) is 19.1 Å². The Morgan fingerprint density at radius 1 is 1.22 bits per heavy atom. The third-order valence-corrected chi connectivity index (χ3v) is 10.4. The SMILES string of the molecule is C[C@@H]1CC2C3C[C@H](F)C4=CC(=O)C=C[C@]4(C)[C@@]3(F)[C@@H](O)C[C@@]2(C)[C@H]1C(=O)COS(=O)(=O)CCC(=O)O. The number of alkyl halides is 2. The van der Waals surface area contributed by atoms with Gasteiger partial charge in [-0.25, -0.2) is 8.78 Å². The second-order valence-corrected chi connectivity index (χ2v) is 13.0. The predicted molar refractivity (Wildman–Crippen MR) is 124 cm³/mol. The molecule has 4 rings (SSSR count). The van der Waals surface area contributed by atoms with Crippen molar-refractivity contribution in [3.8, 4) is 0 Å². The molecule has 200 valence electrons. The highest BCUT2D eigenvalue weighted by atomic mass is 32.2. The molecule has 4 aliphatic rings. The summed E-state index contributed by atoms with van der Waals surface area (Å²) in [5, 5.41) is 20.0. The molecule has 0 spiro atoms. The Balaban J connectivity index is 1.62. The van der Waals surface area contributed by atoms with Gasteiger partial charge >= 0.3 is 5.97 Å². The lowest BCUT2D eigenvalue weighted by Crippen LogP contribution is -2.68. The molecule has 0 amide bonds. The summed E-state index contributed by atoms with van der Waals surface area (Å²) in [5.41, 5.74) is -4.68. The molecule has 4 aliphatic carbocycles. The lowest BCUT2D eigenvalue weighted by atomic mass is 9.45. The van der Waals surface area contributed by atoms with Crippen molar-refractivity contribution in [2.45, 2.75) is 64.4 Å². The van der Waals surface area contributed by atoms with E-state index in [1.807, 2.05) is 0 Å². The average Bonchev–Trinajstić information content (AvgIpc) is 3.04. The van der Waals surface area contributed by atoms with Crippen LogP contribution in [0.25, 0.3) is 0 Å². The smallest absolute Gasteiger partial charge is 0.304 e. The Bertz CT molecular complexity index is 1150. The predicted octanol–water partition coefficient (Wildman–Crippen LogP) is 2.56. The fraction of sp³-hybridized carbons (Fsp3) is 0.720. The van der Waals surface area contributed by atoms with E-state index in [4.69, 9.17) is 9.29 Å². The van der Waals surface area contributed by atoms with Gasteiger partial charge in [-0.05, 0) is 61.2 Å². The van der Waals surface area contributed by atoms with Crippen molar-refractivity contribution in [2.75, 3.05) is 12.4 Å². The molecule has 0 aliphatic heterocycles. The number of carboxylic acid groups (broad SMARTS) is 1. The first-order chi connectivity index (χ1) is 16.6. The van der Waals surface area contributed by atoms with E-state index in [2.05, 4.69) is 0 Å². The van der Waals surface area contributed by atoms with Gasteiger partial charge in [0, 0.05) is 17.3 Å². The molecular weight excluding hydrogens is 498 g/mol. The van der Waals surface area contributed by atoms with Crippen LogP contribution in [0.3, 0.4) is 0 Å². The molecule has 0 saturated heterocycles. The number of carboxylic acids is 1. The van der Waals surface area contributed by atoms with E-state index in [9.17, 15) is 27.9 Å². The molecule has 8 nitrogen and oxygen atoms in total. The van der Waals surface area contributed by atoms with Gasteiger partial charge in [0.25, 0.3) is 10.1 Å². The molecule has 3 fully saturated rings. The van der Waals surface area contributed by atoms with Gasteiger partial charge in [-0.3, -0.25) is 18.6 Å². The van der Waals surface area contributed by atoms with Crippen molar-refractivity contribution < 1.29 is 46.0 Å². The van der Waals surface area contributed by atoms with Crippen molar-refractivity contribution in [1.29, 1.82) is 0 Å². The highest BCUT2D eigenvalue weighted by Crippen LogP contribution is 2.70. The van der Waals surface area contributed by atoms with E-state index in [-0.39, 0.29) is 24.3 Å². The van der Waals surface area contributed by atoms with Crippen LogP contribution in [-0.4, -0.2) is 66.5 Å². The monoisotopic (exact) mass is 530 g/mol. The van der Waals surface area contributed by atoms with E-state index in [0.29, 0.717) is 6.42 Å². The normalized spacial score (nSPS) is 43.8. The van der Waals surface area contributed by atoms with Crippen molar-refractivity contribution in [3.05, 3.63) is 23.8 Å². The molecule has 0 aromatic carbocycles. The van der Waals surface area contributed by atoms with Gasteiger partial charge in [0.1, 0.15) is 12.8 Å². The quantitative estimate of drug-likeness (QED) is 0.480. The average molecular weight is 531 g/mol. The number of hydrogen-bond acceptors (Lipinski definition) is 7. The van der Waals surface area contributed by atoms with Crippen molar-refractivity contribution in [1.82, 2.24) is 0 Å². The summed E-state index contributed by atoms with van der Waals surface area (Å²) in [7, 11) is -4.24. The first kappa shape index (κ1) is 27.1. The minimum Gasteiger partial charge on any atom is -0.481 e. The fourth-order valence-electron chi connectivity index (χ4n) is 7.77. The molecule has 0 aromatic heterocycles. The summed E-state index contributed by atoms with van der Waals surface area (Å²) in [6, 6.07) is 0. The third kappa shape index (κ3) is 3.98. The third-order valence-electron chi connectivity index (χ3n) is 9.26. The summed E-state index contributed by atoms with van der Waals surface area (Å²) in [6.45, 7) is 4.26. The van der Waals surface area contributed by atoms with Gasteiger partial charge in [-0.2, -0.15) is 8.42 Å². The maximum Gasteiger partial charge on any atom is 0.304 e. The van der Waals surface area contributed by atoms with Crippen molar-refractivity contribution in [3.63, 3.8) is 0 Å². The van der Waals surface area contributed by atoms with Crippen LogP contribution in [0.5, 0.6) is 0 Å². The number of rotatable bonds is 7. The molecule has 0 radical (unpaired) electrons. The Labute approximate surface area is 208 Å². The van der Waals surface area contributed by atoms with Crippen LogP contribution in [0.1, 0.15) is 46.5 Å². The standard InChI is InChI=1S/C25H32F2O8S/c1-13-8-15-16-10-18(26)17-9-14(28)4-6-24(17,3)25(16,27)20(30)11-23(15,2)22(13)19(29)12-35-36(33,34)7-5-21(31)32/h4,6,9,13,15-16,18,20,22,30H,5,7-8,10-12H2,1-3H3,(H,31,32)/t13-,15?,16?,18+,20+,22-,23-,24+,25+/m1/s1. The zero-order chi connectivity index (χ0) is 26.8. The van der Waals surface area contributed by atoms with Crippen molar-refractivity contribution >= 4 is 27.7 Å². The van der Waals surface area contributed by atoms with E-state index in [1.54, 1.807) is 13.8 Å². The van der Waals surface area contributed by atoms with Crippen LogP contribution >= 0.6 is 0 Å². The van der Waals surface area contributed by atoms with Gasteiger partial charge in [0.15, 0.2) is 17.2 Å². The van der Waals surface area contributed by atoms with Gasteiger partial charge < -0.3 is 10.2 Å². The molecular formula is C25H32F2O8S. The Morgan fingerprint density at radius 3 is 2.53 bits per heavy atom. The Hall–Kier alpha value is -1.98. The molecule has 0 bridgehead atoms. The molecule has 36 heavy (non-hydrogen) atoms. The minimum atomic E-state index is -4.24. The lowest BCUT2D eigenvalue weighted by molar-refractivity contribution is -0.202. The number of hydrogen-bond donors (Lipinski definition) is 2. The van der Waals surface area contributed by atoms with Crippen LogP contribution in [0.2, 0.25) is 0 Å². The number of aliphatic hydroxyl groups excluding tert-OH is 1. The summed E-state index contributed by atoms with van der Waals surface area (Å²) in [4.78, 5) is 35.8. The summed E-state index contributed by atoms with van der Waals surface area (Å²) in [6.07, 6.45) is -0.0761. The minimum absolute atomic E-state index is 0.0232. The lowest BCUT2D eigenvalue weighted by Gasteiger charge is -2.62. The number of Topliss-reactive ketones (excluding diaryl/α,β-unsaturated/α-hetero) is 1. The maximum atomic E-state index is 17.1. The first-order valence-electron chi connectivity index (χ1n) is 12.1. The summed E-state index contributed by atoms with van der Waals surface area (Å²) >= 11 is 0. The van der Waals surface area contributed by atoms with Crippen LogP contribution in [0.4, 0.5) is 8.78 Å². The van der Waals surface area contributed by atoms with Crippen molar-refractivity contribution in [2.24, 2.45) is 34.5 Å². The Kier molecular flexibility index (Phi) is 6.62. The van der Waals surface area contributed by atoms with E-state index in [0.717, 1.165) is 6.08 Å². The van der Waals surface area contributed by atoms with Crippen LogP contribution in [-0.2, 0) is 28.7 Å². The molecule has 2 unspecified atom stereocenters. The maximum absolute atomic E-state index is 17.1. The molecule has 0 heterocycles. The largest absolute Gasteiger partial charge is 0.481 e. The number of fused-ring (bicyclic) bond motifs is 5. The van der Waals surface area contributed by atoms with Gasteiger partial charge in [-0.15, -0.1) is 0 Å². The highest BCUT2D eigenvalue weighted by molar-refractivity contribution is 7.86.